The molecule has 0 amide bonds. The van der Waals surface area contributed by atoms with Crippen molar-refractivity contribution in [2.75, 3.05) is 13.2 Å². The van der Waals surface area contributed by atoms with Crippen molar-refractivity contribution in [2.45, 2.75) is 74.2 Å². The van der Waals surface area contributed by atoms with E-state index in [9.17, 15) is 8.42 Å². The van der Waals surface area contributed by atoms with E-state index in [4.69, 9.17) is 29.9 Å². The summed E-state index contributed by atoms with van der Waals surface area (Å²) in [5.41, 5.74) is -3.58. The topological polar surface area (TPSA) is 61.8 Å². The van der Waals surface area contributed by atoms with Crippen LogP contribution < -0.4 is 0 Å². The minimum atomic E-state index is -3.60. The molecule has 0 aromatic rings. The van der Waals surface area contributed by atoms with Gasteiger partial charge in [-0.2, -0.15) is 0 Å². The van der Waals surface area contributed by atoms with Crippen LogP contribution in [0.4, 0.5) is 0 Å². The summed E-state index contributed by atoms with van der Waals surface area (Å²) in [6.07, 6.45) is -0.627. The lowest BCUT2D eigenvalue weighted by Crippen LogP contribution is -2.62. The van der Waals surface area contributed by atoms with E-state index in [1.807, 2.05) is 20.8 Å². The van der Waals surface area contributed by atoms with Gasteiger partial charge in [-0.1, -0.05) is 0 Å². The molecule has 0 aliphatic carbocycles. The number of rotatable bonds is 2. The summed E-state index contributed by atoms with van der Waals surface area (Å²) >= 11 is 0. The van der Waals surface area contributed by atoms with Crippen LogP contribution in [-0.2, 0) is 24.0 Å². The lowest BCUT2D eigenvalue weighted by atomic mass is 9.58. The first-order chi connectivity index (χ1) is 9.65. The van der Waals surface area contributed by atoms with E-state index in [2.05, 4.69) is 0 Å². The number of ether oxygens (including phenoxy) is 3. The summed E-state index contributed by atoms with van der Waals surface area (Å²) in [7, 11) is 9.02. The van der Waals surface area contributed by atoms with Gasteiger partial charge in [0.2, 0.25) is 0 Å². The highest BCUT2D eigenvalue weighted by atomic mass is 32.2. The molecule has 4 radical (unpaired) electrons. The zero-order valence-corrected chi connectivity index (χ0v) is 15.0. The maximum atomic E-state index is 12.8. The van der Waals surface area contributed by atoms with Gasteiger partial charge in [0.1, 0.15) is 27.0 Å². The van der Waals surface area contributed by atoms with Crippen molar-refractivity contribution in [3.8, 4) is 0 Å². The van der Waals surface area contributed by atoms with E-state index in [-0.39, 0.29) is 13.2 Å². The standard InChI is InChI=1S/C14H24B2O5S/c1-11(2,3)21-9-7-19-14(16)10(8-20-13(9,14)15)22(17,18)12(4,5)6/h9-10H,7-8H2,1-6H3/t9?,10?,13-,14-/m1/s1. The fraction of sp³-hybridized carbons (Fsp3) is 1.00. The van der Waals surface area contributed by atoms with Crippen molar-refractivity contribution in [3.05, 3.63) is 0 Å². The molecule has 0 saturated carbocycles. The Hall–Kier alpha value is -0.0401. The first-order valence-electron chi connectivity index (χ1n) is 7.42. The van der Waals surface area contributed by atoms with E-state index in [1.165, 1.54) is 0 Å². The second-order valence-electron chi connectivity index (χ2n) is 8.07. The average molecular weight is 326 g/mol. The first-order valence-corrected chi connectivity index (χ1v) is 8.97. The summed E-state index contributed by atoms with van der Waals surface area (Å²) in [6, 6.07) is 0. The SMILES string of the molecule is [B][C@]12OCC(S(=O)(=O)C(C)(C)C)[C@@]1([B])OCC2OC(C)(C)C. The first kappa shape index (κ1) is 18.3. The van der Waals surface area contributed by atoms with Crippen molar-refractivity contribution in [3.63, 3.8) is 0 Å². The summed E-state index contributed by atoms with van der Waals surface area (Å²) in [5, 5.41) is -1.03. The minimum Gasteiger partial charge on any atom is -0.379 e. The summed E-state index contributed by atoms with van der Waals surface area (Å²) in [5.74, 6) is 0. The molecule has 4 atom stereocenters. The highest BCUT2D eigenvalue weighted by Gasteiger charge is 2.68. The molecular formula is C14H24B2O5S. The van der Waals surface area contributed by atoms with Gasteiger partial charge >= 0.3 is 0 Å². The lowest BCUT2D eigenvalue weighted by Gasteiger charge is -2.41. The van der Waals surface area contributed by atoms with Crippen LogP contribution in [0.1, 0.15) is 41.5 Å². The lowest BCUT2D eigenvalue weighted by molar-refractivity contribution is -0.118. The van der Waals surface area contributed by atoms with E-state index in [0.29, 0.717) is 0 Å². The van der Waals surface area contributed by atoms with Gasteiger partial charge in [-0.25, -0.2) is 8.42 Å². The van der Waals surface area contributed by atoms with Gasteiger partial charge in [-0.05, 0) is 41.5 Å². The predicted molar refractivity (Wildman–Crippen MR) is 86.0 cm³/mol. The molecule has 0 aromatic carbocycles. The third-order valence-electron chi connectivity index (χ3n) is 4.24. The molecule has 5 nitrogen and oxygen atoms in total. The van der Waals surface area contributed by atoms with Crippen LogP contribution in [-0.4, -0.2) is 70.0 Å². The van der Waals surface area contributed by atoms with Crippen LogP contribution >= 0.6 is 0 Å². The van der Waals surface area contributed by atoms with Crippen molar-refractivity contribution in [2.24, 2.45) is 0 Å². The number of sulfone groups is 1. The van der Waals surface area contributed by atoms with Crippen LogP contribution in [0, 0.1) is 0 Å². The molecule has 0 aromatic heterocycles. The summed E-state index contributed by atoms with van der Waals surface area (Å²) in [6.45, 7) is 10.5. The zero-order valence-electron chi connectivity index (χ0n) is 14.2. The van der Waals surface area contributed by atoms with Gasteiger partial charge in [-0.3, -0.25) is 0 Å². The third-order valence-corrected chi connectivity index (χ3v) is 7.18. The summed E-state index contributed by atoms with van der Waals surface area (Å²) in [4.78, 5) is 0. The van der Waals surface area contributed by atoms with Crippen LogP contribution in [0.15, 0.2) is 0 Å². The molecule has 22 heavy (non-hydrogen) atoms. The number of hydrogen-bond acceptors (Lipinski definition) is 5. The molecule has 8 heteroatoms. The Morgan fingerprint density at radius 2 is 1.50 bits per heavy atom. The van der Waals surface area contributed by atoms with E-state index in [0.717, 1.165) is 0 Å². The molecule has 2 fully saturated rings. The maximum Gasteiger partial charge on any atom is 0.162 e. The van der Waals surface area contributed by atoms with Crippen molar-refractivity contribution >= 4 is 25.5 Å². The van der Waals surface area contributed by atoms with E-state index < -0.39 is 42.5 Å². The molecule has 2 rings (SSSR count). The normalized spacial score (nSPS) is 39.9. The van der Waals surface area contributed by atoms with Crippen molar-refractivity contribution in [1.29, 1.82) is 0 Å². The average Bonchev–Trinajstić information content (AvgIpc) is 2.67. The second-order valence-corrected chi connectivity index (χ2v) is 11.0. The third kappa shape index (κ3) is 2.56. The van der Waals surface area contributed by atoms with Gasteiger partial charge in [-0.15, -0.1) is 0 Å². The Kier molecular flexibility index (Phi) is 4.14. The van der Waals surface area contributed by atoms with Crippen LogP contribution in [0.25, 0.3) is 0 Å². The molecule has 0 spiro atoms. The Balaban J connectivity index is 2.38. The quantitative estimate of drug-likeness (QED) is 0.694. The van der Waals surface area contributed by atoms with Gasteiger partial charge in [0.15, 0.2) is 9.84 Å². The van der Waals surface area contributed by atoms with Crippen molar-refractivity contribution in [1.82, 2.24) is 0 Å². The Bertz CT molecular complexity index is 551. The largest absolute Gasteiger partial charge is 0.379 e. The van der Waals surface area contributed by atoms with E-state index in [1.54, 1.807) is 20.8 Å². The number of hydrogen-bond donors (Lipinski definition) is 0. The van der Waals surface area contributed by atoms with Gasteiger partial charge in [0, 0.05) is 0 Å². The molecular weight excluding hydrogens is 302 g/mol. The molecule has 2 heterocycles. The maximum absolute atomic E-state index is 12.8. The minimum absolute atomic E-state index is 0.0977. The van der Waals surface area contributed by atoms with E-state index >= 15 is 0 Å². The van der Waals surface area contributed by atoms with Gasteiger partial charge in [0.05, 0.1) is 34.6 Å². The molecule has 2 saturated heterocycles. The molecule has 2 aliphatic rings. The van der Waals surface area contributed by atoms with Crippen LogP contribution in [0.5, 0.6) is 0 Å². The van der Waals surface area contributed by atoms with Crippen LogP contribution in [0.3, 0.4) is 0 Å². The fourth-order valence-electron chi connectivity index (χ4n) is 2.88. The van der Waals surface area contributed by atoms with Gasteiger partial charge in [0.25, 0.3) is 0 Å². The molecule has 0 bridgehead atoms. The van der Waals surface area contributed by atoms with Gasteiger partial charge < -0.3 is 14.2 Å². The Morgan fingerprint density at radius 3 is 1.95 bits per heavy atom. The smallest absolute Gasteiger partial charge is 0.162 e. The molecule has 2 unspecified atom stereocenters. The van der Waals surface area contributed by atoms with Crippen LogP contribution in [0.2, 0.25) is 0 Å². The monoisotopic (exact) mass is 326 g/mol. The summed E-state index contributed by atoms with van der Waals surface area (Å²) < 4.78 is 41.8. The highest BCUT2D eigenvalue weighted by Crippen LogP contribution is 2.48. The Labute approximate surface area is 136 Å². The predicted octanol–water partition coefficient (Wildman–Crippen LogP) is 0.542. The molecule has 122 valence electrons. The number of fused-ring (bicyclic) bond motifs is 1. The Morgan fingerprint density at radius 1 is 1.00 bits per heavy atom. The molecule has 2 aliphatic heterocycles. The highest BCUT2D eigenvalue weighted by molar-refractivity contribution is 7.93. The second kappa shape index (κ2) is 4.98. The van der Waals surface area contributed by atoms with Crippen molar-refractivity contribution < 1.29 is 22.6 Å². The fourth-order valence-corrected chi connectivity index (χ4v) is 4.70. The zero-order chi connectivity index (χ0) is 17.2. The molecule has 0 N–H and O–H groups in total.